The van der Waals surface area contributed by atoms with Gasteiger partial charge in [0.25, 0.3) is 0 Å². The van der Waals surface area contributed by atoms with Crippen molar-refractivity contribution in [3.8, 4) is 11.3 Å². The summed E-state index contributed by atoms with van der Waals surface area (Å²) in [5.41, 5.74) is 5.94. The minimum atomic E-state index is 0.0269. The third kappa shape index (κ3) is 2.35. The molecular weight excluding hydrogens is 284 g/mol. The van der Waals surface area contributed by atoms with Crippen molar-refractivity contribution in [2.75, 3.05) is 0 Å². The normalized spacial score (nSPS) is 11.2. The second-order valence-electron chi connectivity index (χ2n) is 5.71. The summed E-state index contributed by atoms with van der Waals surface area (Å²) in [7, 11) is 0. The smallest absolute Gasteiger partial charge is 0.0719 e. The molecular formula is C20H16N2O. The molecule has 0 amide bonds. The zero-order valence-corrected chi connectivity index (χ0v) is 12.8. The van der Waals surface area contributed by atoms with Crippen molar-refractivity contribution in [3.05, 3.63) is 71.9 Å². The van der Waals surface area contributed by atoms with Gasteiger partial charge in [-0.05, 0) is 42.3 Å². The lowest BCUT2D eigenvalue weighted by Gasteiger charge is -2.10. The van der Waals surface area contributed by atoms with E-state index in [9.17, 15) is 5.11 Å². The fourth-order valence-corrected chi connectivity index (χ4v) is 3.00. The summed E-state index contributed by atoms with van der Waals surface area (Å²) in [6.45, 7) is 2.12. The van der Waals surface area contributed by atoms with Crippen LogP contribution in [0.15, 0.2) is 60.8 Å². The van der Waals surface area contributed by atoms with Crippen LogP contribution in [0.25, 0.3) is 33.1 Å². The molecule has 2 heterocycles. The predicted molar refractivity (Wildman–Crippen MR) is 93.1 cm³/mol. The molecule has 3 nitrogen and oxygen atoms in total. The zero-order valence-electron chi connectivity index (χ0n) is 12.8. The van der Waals surface area contributed by atoms with Crippen LogP contribution >= 0.6 is 0 Å². The van der Waals surface area contributed by atoms with Gasteiger partial charge in [-0.2, -0.15) is 0 Å². The molecule has 0 fully saturated rings. The van der Waals surface area contributed by atoms with Crippen molar-refractivity contribution in [1.82, 2.24) is 9.97 Å². The maximum Gasteiger partial charge on any atom is 0.0719 e. The molecule has 1 N–H and O–H groups in total. The number of aliphatic hydroxyl groups is 1. The molecule has 2 aromatic heterocycles. The van der Waals surface area contributed by atoms with E-state index in [4.69, 9.17) is 4.98 Å². The molecule has 3 heteroatoms. The van der Waals surface area contributed by atoms with E-state index in [-0.39, 0.29) is 6.61 Å². The molecule has 0 aliphatic carbocycles. The number of rotatable bonds is 2. The molecule has 4 aromatic rings. The lowest BCUT2D eigenvalue weighted by atomic mass is 10.0. The van der Waals surface area contributed by atoms with Gasteiger partial charge in [0.2, 0.25) is 0 Å². The molecule has 23 heavy (non-hydrogen) atoms. The van der Waals surface area contributed by atoms with Crippen LogP contribution in [0.5, 0.6) is 0 Å². The van der Waals surface area contributed by atoms with Gasteiger partial charge in [0, 0.05) is 22.5 Å². The highest BCUT2D eigenvalue weighted by atomic mass is 16.3. The first-order chi connectivity index (χ1) is 11.3. The van der Waals surface area contributed by atoms with Gasteiger partial charge in [-0.3, -0.25) is 4.98 Å². The molecule has 0 atom stereocenters. The van der Waals surface area contributed by atoms with Crippen LogP contribution in [0, 0.1) is 6.92 Å². The average Bonchev–Trinajstić information content (AvgIpc) is 2.60. The minimum absolute atomic E-state index is 0.0269. The van der Waals surface area contributed by atoms with Crippen molar-refractivity contribution in [1.29, 1.82) is 0 Å². The third-order valence-corrected chi connectivity index (χ3v) is 4.19. The Morgan fingerprint density at radius 2 is 1.78 bits per heavy atom. The summed E-state index contributed by atoms with van der Waals surface area (Å²) in [4.78, 5) is 9.24. The summed E-state index contributed by atoms with van der Waals surface area (Å²) in [5, 5.41) is 11.6. The number of aliphatic hydroxyl groups excluding tert-OH is 1. The van der Waals surface area contributed by atoms with Gasteiger partial charge < -0.3 is 5.11 Å². The molecule has 0 radical (unpaired) electrons. The molecule has 112 valence electrons. The van der Waals surface area contributed by atoms with Gasteiger partial charge in [0.05, 0.1) is 23.3 Å². The molecule has 0 unspecified atom stereocenters. The van der Waals surface area contributed by atoms with Gasteiger partial charge in [-0.25, -0.2) is 4.98 Å². The van der Waals surface area contributed by atoms with Gasteiger partial charge in [-0.1, -0.05) is 30.3 Å². The van der Waals surface area contributed by atoms with E-state index in [0.29, 0.717) is 0 Å². The quantitative estimate of drug-likeness (QED) is 0.602. The lowest BCUT2D eigenvalue weighted by Crippen LogP contribution is -1.92. The second kappa shape index (κ2) is 5.45. The van der Waals surface area contributed by atoms with Crippen LogP contribution in [-0.4, -0.2) is 15.1 Å². The Kier molecular flexibility index (Phi) is 3.28. The van der Waals surface area contributed by atoms with Crippen LogP contribution < -0.4 is 0 Å². The highest BCUT2D eigenvalue weighted by Gasteiger charge is 2.09. The van der Waals surface area contributed by atoms with E-state index < -0.39 is 0 Å². The Balaban J connectivity index is 2.01. The van der Waals surface area contributed by atoms with E-state index >= 15 is 0 Å². The third-order valence-electron chi connectivity index (χ3n) is 4.19. The van der Waals surface area contributed by atoms with Crippen molar-refractivity contribution in [2.45, 2.75) is 13.5 Å². The summed E-state index contributed by atoms with van der Waals surface area (Å²) >= 11 is 0. The summed E-state index contributed by atoms with van der Waals surface area (Å²) in [5.74, 6) is 0. The van der Waals surface area contributed by atoms with Crippen LogP contribution in [-0.2, 0) is 6.61 Å². The number of aryl methyl sites for hydroxylation is 1. The summed E-state index contributed by atoms with van der Waals surface area (Å²) in [6.07, 6.45) is 1.82. The molecule has 2 aromatic carbocycles. The Hall–Kier alpha value is -2.78. The van der Waals surface area contributed by atoms with Crippen LogP contribution in [0.1, 0.15) is 11.1 Å². The molecule has 4 rings (SSSR count). The van der Waals surface area contributed by atoms with E-state index in [1.54, 1.807) is 0 Å². The molecule has 0 aliphatic heterocycles. The van der Waals surface area contributed by atoms with Crippen LogP contribution in [0.4, 0.5) is 0 Å². The molecule has 0 saturated carbocycles. The lowest BCUT2D eigenvalue weighted by molar-refractivity contribution is 0.282. The number of benzene rings is 2. The monoisotopic (exact) mass is 300 g/mol. The average molecular weight is 300 g/mol. The highest BCUT2D eigenvalue weighted by molar-refractivity contribution is 5.95. The standard InChI is InChI=1S/C20H16N2O/c1-13-10-19(22-20-11-14(12-23)6-7-15(13)20)17-8-9-21-18-5-3-2-4-16(17)18/h2-11,23H,12H2,1H3. The van der Waals surface area contributed by atoms with Crippen molar-refractivity contribution >= 4 is 21.8 Å². The van der Waals surface area contributed by atoms with Gasteiger partial charge in [0.1, 0.15) is 0 Å². The molecule has 0 saturated heterocycles. The van der Waals surface area contributed by atoms with Crippen molar-refractivity contribution in [2.24, 2.45) is 0 Å². The molecule has 0 aliphatic rings. The fourth-order valence-electron chi connectivity index (χ4n) is 3.00. The Morgan fingerprint density at radius 3 is 2.65 bits per heavy atom. The van der Waals surface area contributed by atoms with Crippen molar-refractivity contribution < 1.29 is 5.11 Å². The van der Waals surface area contributed by atoms with Crippen LogP contribution in [0.2, 0.25) is 0 Å². The van der Waals surface area contributed by atoms with Gasteiger partial charge >= 0.3 is 0 Å². The summed E-state index contributed by atoms with van der Waals surface area (Å²) in [6, 6.07) is 18.1. The zero-order chi connectivity index (χ0) is 15.8. The first-order valence-corrected chi connectivity index (χ1v) is 7.61. The molecule has 0 bridgehead atoms. The number of hydrogen-bond donors (Lipinski definition) is 1. The predicted octanol–water partition coefficient (Wildman–Crippen LogP) is 4.25. The van der Waals surface area contributed by atoms with Gasteiger partial charge in [0.15, 0.2) is 0 Å². The van der Waals surface area contributed by atoms with E-state index in [0.717, 1.165) is 38.6 Å². The van der Waals surface area contributed by atoms with Crippen LogP contribution in [0.3, 0.4) is 0 Å². The van der Waals surface area contributed by atoms with E-state index in [2.05, 4.69) is 24.0 Å². The fraction of sp³-hybridized carbons (Fsp3) is 0.100. The number of pyridine rings is 2. The largest absolute Gasteiger partial charge is 0.392 e. The SMILES string of the molecule is Cc1cc(-c2ccnc3ccccc23)nc2cc(CO)ccc12. The first kappa shape index (κ1) is 13.9. The minimum Gasteiger partial charge on any atom is -0.392 e. The Bertz CT molecular complexity index is 1020. The topological polar surface area (TPSA) is 46.0 Å². The number of fused-ring (bicyclic) bond motifs is 2. The number of aromatic nitrogens is 2. The maximum absolute atomic E-state index is 9.36. The first-order valence-electron chi connectivity index (χ1n) is 7.61. The Labute approximate surface area is 134 Å². The maximum atomic E-state index is 9.36. The Morgan fingerprint density at radius 1 is 0.913 bits per heavy atom. The number of nitrogens with zero attached hydrogens (tertiary/aromatic N) is 2. The number of para-hydroxylation sites is 1. The van der Waals surface area contributed by atoms with E-state index in [1.807, 2.05) is 48.7 Å². The second-order valence-corrected chi connectivity index (χ2v) is 5.71. The highest BCUT2D eigenvalue weighted by Crippen LogP contribution is 2.29. The van der Waals surface area contributed by atoms with Gasteiger partial charge in [-0.15, -0.1) is 0 Å². The molecule has 0 spiro atoms. The number of hydrogen-bond acceptors (Lipinski definition) is 3. The van der Waals surface area contributed by atoms with E-state index in [1.165, 1.54) is 5.56 Å². The van der Waals surface area contributed by atoms with Crippen molar-refractivity contribution in [3.63, 3.8) is 0 Å². The summed E-state index contributed by atoms with van der Waals surface area (Å²) < 4.78 is 0.